The third kappa shape index (κ3) is 3.57. The van der Waals surface area contributed by atoms with Crippen LogP contribution in [0.15, 0.2) is 60.7 Å². The minimum atomic E-state index is -0.235. The first-order chi connectivity index (χ1) is 17.3. The van der Waals surface area contributed by atoms with Crippen LogP contribution in [-0.2, 0) is 11.3 Å². The Balaban J connectivity index is 1.25. The van der Waals surface area contributed by atoms with Crippen molar-refractivity contribution in [3.8, 4) is 11.1 Å². The van der Waals surface area contributed by atoms with Gasteiger partial charge in [0.1, 0.15) is 23.8 Å². The van der Waals surface area contributed by atoms with E-state index in [2.05, 4.69) is 10.3 Å². The van der Waals surface area contributed by atoms with E-state index < -0.39 is 0 Å². The summed E-state index contributed by atoms with van der Waals surface area (Å²) in [5.41, 5.74) is 15.8. The number of fused-ring (bicyclic) bond motifs is 8. The molecule has 0 fully saturated rings. The summed E-state index contributed by atoms with van der Waals surface area (Å²) in [4.78, 5) is 17.3. The second-order valence-electron chi connectivity index (χ2n) is 9.68. The van der Waals surface area contributed by atoms with Crippen LogP contribution >= 0.6 is 0 Å². The molecule has 3 N–H and O–H groups in total. The van der Waals surface area contributed by atoms with E-state index in [1.165, 1.54) is 6.07 Å². The van der Waals surface area contributed by atoms with Gasteiger partial charge in [0.05, 0.1) is 0 Å². The van der Waals surface area contributed by atoms with Crippen molar-refractivity contribution in [3.05, 3.63) is 117 Å². The van der Waals surface area contributed by atoms with E-state index in [1.54, 1.807) is 6.07 Å². The third-order valence-corrected chi connectivity index (χ3v) is 7.27. The maximum absolute atomic E-state index is 14.5. The number of carbonyl (C=O) groups is 1. The molecule has 1 aromatic heterocycles. The van der Waals surface area contributed by atoms with Gasteiger partial charge in [0.15, 0.2) is 0 Å². The number of nitrogen functional groups attached to an aromatic ring is 1. The predicted octanol–water partition coefficient (Wildman–Crippen LogP) is 5.85. The van der Waals surface area contributed by atoms with E-state index in [-0.39, 0.29) is 23.9 Å². The number of ether oxygens (including phenoxy) is 1. The molecule has 6 heteroatoms. The summed E-state index contributed by atoms with van der Waals surface area (Å²) in [6, 6.07) is 18.7. The SMILES string of the molecule is Cc1ccc(F)c(-c2ccc3c(c2)C2OC3c3cc(C(=O)NCc4c(C)cc(N)nc4C)ccc32)c1. The molecule has 0 spiro atoms. The molecule has 6 rings (SSSR count). The highest BCUT2D eigenvalue weighted by Crippen LogP contribution is 2.54. The number of carbonyl (C=O) groups excluding carboxylic acids is 1. The number of hydrogen-bond donors (Lipinski definition) is 2. The second kappa shape index (κ2) is 8.28. The lowest BCUT2D eigenvalue weighted by Crippen LogP contribution is -2.24. The minimum Gasteiger partial charge on any atom is -0.384 e. The molecule has 3 heterocycles. The van der Waals surface area contributed by atoms with Crippen LogP contribution in [0.3, 0.4) is 0 Å². The van der Waals surface area contributed by atoms with E-state index in [4.69, 9.17) is 10.5 Å². The van der Waals surface area contributed by atoms with Crippen molar-refractivity contribution in [1.82, 2.24) is 10.3 Å². The first-order valence-corrected chi connectivity index (χ1v) is 12.0. The molecule has 1 amide bonds. The van der Waals surface area contributed by atoms with Crippen molar-refractivity contribution in [2.75, 3.05) is 5.73 Å². The van der Waals surface area contributed by atoms with E-state index in [0.29, 0.717) is 23.5 Å². The standard InChI is InChI=1S/C30H26FN3O2/c1-15-4-9-26(31)22(10-15)18-5-7-20-23(12-18)28-21-8-6-19(13-24(21)29(20)36-28)30(35)33-14-25-16(2)11-27(32)34-17(25)3/h4-13,28-29H,14H2,1-3H3,(H2,32,34)(H,33,35). The quantitative estimate of drug-likeness (QED) is 0.385. The fraction of sp³-hybridized carbons (Fsp3) is 0.200. The van der Waals surface area contributed by atoms with E-state index in [9.17, 15) is 9.18 Å². The molecule has 2 atom stereocenters. The summed E-state index contributed by atoms with van der Waals surface area (Å²) < 4.78 is 20.8. The minimum absolute atomic E-state index is 0.151. The Kier molecular flexibility index (Phi) is 5.16. The Hall–Kier alpha value is -4.03. The molecule has 0 aliphatic carbocycles. The highest BCUT2D eigenvalue weighted by atomic mass is 19.1. The molecule has 3 aromatic carbocycles. The number of hydrogen-bond acceptors (Lipinski definition) is 4. The average Bonchev–Trinajstić information content (AvgIpc) is 3.41. The van der Waals surface area contributed by atoms with Crippen LogP contribution in [0, 0.1) is 26.6 Å². The number of nitrogens with one attached hydrogen (secondary N) is 1. The van der Waals surface area contributed by atoms with Gasteiger partial charge < -0.3 is 15.8 Å². The van der Waals surface area contributed by atoms with Gasteiger partial charge in [-0.2, -0.15) is 0 Å². The molecular weight excluding hydrogens is 453 g/mol. The Morgan fingerprint density at radius 2 is 1.67 bits per heavy atom. The number of pyridine rings is 1. The van der Waals surface area contributed by atoms with Gasteiger partial charge in [-0.25, -0.2) is 9.37 Å². The monoisotopic (exact) mass is 479 g/mol. The van der Waals surface area contributed by atoms with Gasteiger partial charge in [-0.3, -0.25) is 4.79 Å². The predicted molar refractivity (Wildman–Crippen MR) is 137 cm³/mol. The van der Waals surface area contributed by atoms with Crippen molar-refractivity contribution >= 4 is 11.7 Å². The normalized spacial score (nSPS) is 17.1. The molecule has 2 aliphatic rings. The fourth-order valence-corrected chi connectivity index (χ4v) is 5.44. The molecule has 0 radical (unpaired) electrons. The van der Waals surface area contributed by atoms with Gasteiger partial charge in [-0.05, 0) is 96.1 Å². The number of rotatable bonds is 4. The molecule has 180 valence electrons. The molecule has 0 saturated heterocycles. The summed E-state index contributed by atoms with van der Waals surface area (Å²) in [6.45, 7) is 6.20. The van der Waals surface area contributed by atoms with Crippen molar-refractivity contribution in [1.29, 1.82) is 0 Å². The average molecular weight is 480 g/mol. The zero-order valence-electron chi connectivity index (χ0n) is 20.4. The van der Waals surface area contributed by atoms with Crippen LogP contribution in [0.25, 0.3) is 11.1 Å². The second-order valence-corrected chi connectivity index (χ2v) is 9.68. The number of nitrogens with zero attached hydrogens (tertiary/aromatic N) is 1. The number of aryl methyl sites for hydroxylation is 3. The van der Waals surface area contributed by atoms with Crippen molar-refractivity contribution in [3.63, 3.8) is 0 Å². The van der Waals surface area contributed by atoms with Crippen LogP contribution < -0.4 is 11.1 Å². The molecule has 2 bridgehead atoms. The largest absolute Gasteiger partial charge is 0.384 e. The summed E-state index contributed by atoms with van der Waals surface area (Å²) in [5, 5.41) is 3.01. The van der Waals surface area contributed by atoms with Gasteiger partial charge >= 0.3 is 0 Å². The highest BCUT2D eigenvalue weighted by Gasteiger charge is 2.43. The first kappa shape index (κ1) is 22.4. The number of anilines is 1. The van der Waals surface area contributed by atoms with Crippen molar-refractivity contribution in [2.45, 2.75) is 39.5 Å². The van der Waals surface area contributed by atoms with Crippen LogP contribution in [0.4, 0.5) is 10.2 Å². The lowest BCUT2D eigenvalue weighted by molar-refractivity contribution is 0.0857. The summed E-state index contributed by atoms with van der Waals surface area (Å²) in [5.74, 6) is 0.0904. The Bertz CT molecular complexity index is 1540. The lowest BCUT2D eigenvalue weighted by atomic mass is 9.83. The molecule has 0 saturated carbocycles. The zero-order chi connectivity index (χ0) is 25.1. The molecular formula is C30H26FN3O2. The Morgan fingerprint density at radius 3 is 2.42 bits per heavy atom. The van der Waals surface area contributed by atoms with E-state index in [0.717, 1.165) is 50.2 Å². The first-order valence-electron chi connectivity index (χ1n) is 12.0. The van der Waals surface area contributed by atoms with Crippen LogP contribution in [0.5, 0.6) is 0 Å². The number of nitrogens with two attached hydrogens (primary N) is 1. The molecule has 5 nitrogen and oxygen atoms in total. The number of amides is 1. The molecule has 4 aromatic rings. The topological polar surface area (TPSA) is 77.2 Å². The van der Waals surface area contributed by atoms with Crippen LogP contribution in [-0.4, -0.2) is 10.9 Å². The van der Waals surface area contributed by atoms with Crippen molar-refractivity contribution < 1.29 is 13.9 Å². The van der Waals surface area contributed by atoms with Gasteiger partial charge in [0, 0.05) is 23.4 Å². The van der Waals surface area contributed by atoms with E-state index >= 15 is 0 Å². The molecule has 2 aliphatic heterocycles. The van der Waals surface area contributed by atoms with Crippen LogP contribution in [0.1, 0.15) is 67.2 Å². The Morgan fingerprint density at radius 1 is 0.944 bits per heavy atom. The summed E-state index contributed by atoms with van der Waals surface area (Å²) in [7, 11) is 0. The lowest BCUT2D eigenvalue weighted by Gasteiger charge is -2.18. The van der Waals surface area contributed by atoms with Crippen LogP contribution in [0.2, 0.25) is 0 Å². The van der Waals surface area contributed by atoms with Crippen molar-refractivity contribution in [2.24, 2.45) is 0 Å². The summed E-state index contributed by atoms with van der Waals surface area (Å²) >= 11 is 0. The number of aromatic nitrogens is 1. The smallest absolute Gasteiger partial charge is 0.251 e. The maximum atomic E-state index is 14.5. The third-order valence-electron chi connectivity index (χ3n) is 7.27. The van der Waals surface area contributed by atoms with Gasteiger partial charge in [0.25, 0.3) is 5.91 Å². The zero-order valence-corrected chi connectivity index (χ0v) is 20.4. The Labute approximate surface area is 209 Å². The highest BCUT2D eigenvalue weighted by molar-refractivity contribution is 5.94. The number of halogens is 1. The molecule has 36 heavy (non-hydrogen) atoms. The number of benzene rings is 3. The summed E-state index contributed by atoms with van der Waals surface area (Å²) in [6.07, 6.45) is -0.439. The maximum Gasteiger partial charge on any atom is 0.251 e. The molecule has 2 unspecified atom stereocenters. The van der Waals surface area contributed by atoms with Gasteiger partial charge in [-0.1, -0.05) is 29.8 Å². The van der Waals surface area contributed by atoms with Gasteiger partial charge in [-0.15, -0.1) is 0 Å². The van der Waals surface area contributed by atoms with Gasteiger partial charge in [0.2, 0.25) is 0 Å². The van der Waals surface area contributed by atoms with E-state index in [1.807, 2.05) is 69.3 Å². The fourth-order valence-electron chi connectivity index (χ4n) is 5.44.